The Morgan fingerprint density at radius 2 is 2.22 bits per heavy atom. The zero-order valence-electron chi connectivity index (χ0n) is 13.4. The molecule has 1 aromatic heterocycles. The minimum atomic E-state index is -0.863. The summed E-state index contributed by atoms with van der Waals surface area (Å²) in [5.41, 5.74) is 0. The normalized spacial score (nSPS) is 19.2. The quantitative estimate of drug-likeness (QED) is 0.885. The highest BCUT2D eigenvalue weighted by molar-refractivity contribution is 7.10. The third-order valence-corrected chi connectivity index (χ3v) is 5.27. The van der Waals surface area contributed by atoms with E-state index in [4.69, 9.17) is 5.11 Å². The van der Waals surface area contributed by atoms with Crippen LogP contribution in [0.15, 0.2) is 17.5 Å². The first kappa shape index (κ1) is 17.5. The zero-order valence-corrected chi connectivity index (χ0v) is 14.2. The Labute approximate surface area is 139 Å². The van der Waals surface area contributed by atoms with E-state index in [0.717, 1.165) is 4.88 Å². The standard InChI is InChI=1S/C16H22N2O4S/c1-11(13-6-4-8-23-13)15(20)17(2)10-14(19)18-7-3-5-12(9-18)16(21)22/h4,6,8,11-12H,3,5,7,9-10H2,1-2H3,(H,21,22). The molecule has 6 nitrogen and oxygen atoms in total. The largest absolute Gasteiger partial charge is 0.481 e. The van der Waals surface area contributed by atoms with Crippen molar-refractivity contribution in [1.82, 2.24) is 9.80 Å². The Morgan fingerprint density at radius 3 is 2.83 bits per heavy atom. The van der Waals surface area contributed by atoms with E-state index in [2.05, 4.69) is 0 Å². The van der Waals surface area contributed by atoms with Gasteiger partial charge in [-0.25, -0.2) is 0 Å². The fourth-order valence-electron chi connectivity index (χ4n) is 2.78. The predicted octanol–water partition coefficient (Wildman–Crippen LogP) is 1.63. The van der Waals surface area contributed by atoms with E-state index in [1.807, 2.05) is 24.4 Å². The highest BCUT2D eigenvalue weighted by atomic mass is 32.1. The molecule has 0 bridgehead atoms. The van der Waals surface area contributed by atoms with E-state index in [9.17, 15) is 14.4 Å². The van der Waals surface area contributed by atoms with Gasteiger partial charge in [0.1, 0.15) is 0 Å². The van der Waals surface area contributed by atoms with Gasteiger partial charge in [0.25, 0.3) is 0 Å². The molecular weight excluding hydrogens is 316 g/mol. The fourth-order valence-corrected chi connectivity index (χ4v) is 3.55. The Morgan fingerprint density at radius 1 is 1.48 bits per heavy atom. The van der Waals surface area contributed by atoms with Gasteiger partial charge in [0.15, 0.2) is 0 Å². The first-order valence-electron chi connectivity index (χ1n) is 7.69. The van der Waals surface area contributed by atoms with Crippen LogP contribution in [0.3, 0.4) is 0 Å². The molecule has 7 heteroatoms. The molecule has 1 aliphatic rings. The van der Waals surface area contributed by atoms with Crippen LogP contribution in [0.1, 0.15) is 30.6 Å². The second kappa shape index (κ2) is 7.59. The molecule has 0 aliphatic carbocycles. The summed E-state index contributed by atoms with van der Waals surface area (Å²) in [6.07, 6.45) is 1.29. The van der Waals surface area contributed by atoms with Crippen molar-refractivity contribution in [3.05, 3.63) is 22.4 Å². The Kier molecular flexibility index (Phi) is 5.76. The van der Waals surface area contributed by atoms with Gasteiger partial charge in [-0.2, -0.15) is 0 Å². The van der Waals surface area contributed by atoms with Gasteiger partial charge >= 0.3 is 5.97 Å². The van der Waals surface area contributed by atoms with Gasteiger partial charge in [0.05, 0.1) is 18.4 Å². The number of aliphatic carboxylic acids is 1. The number of hydrogen-bond donors (Lipinski definition) is 1. The van der Waals surface area contributed by atoms with E-state index in [0.29, 0.717) is 19.4 Å². The monoisotopic (exact) mass is 338 g/mol. The summed E-state index contributed by atoms with van der Waals surface area (Å²) in [5, 5.41) is 11.0. The lowest BCUT2D eigenvalue weighted by atomic mass is 9.98. The first-order valence-corrected chi connectivity index (χ1v) is 8.57. The molecule has 2 unspecified atom stereocenters. The molecule has 2 amide bonds. The van der Waals surface area contributed by atoms with Gasteiger partial charge in [-0.1, -0.05) is 6.07 Å². The van der Waals surface area contributed by atoms with Crippen molar-refractivity contribution >= 4 is 29.1 Å². The van der Waals surface area contributed by atoms with Crippen LogP contribution < -0.4 is 0 Å². The molecule has 1 aromatic rings. The molecule has 0 saturated carbocycles. The van der Waals surface area contributed by atoms with Crippen molar-refractivity contribution in [3.63, 3.8) is 0 Å². The summed E-state index contributed by atoms with van der Waals surface area (Å²) < 4.78 is 0. The zero-order chi connectivity index (χ0) is 17.0. The minimum Gasteiger partial charge on any atom is -0.481 e. The number of carbonyl (C=O) groups excluding carboxylic acids is 2. The van der Waals surface area contributed by atoms with Crippen molar-refractivity contribution in [1.29, 1.82) is 0 Å². The summed E-state index contributed by atoms with van der Waals surface area (Å²) in [6, 6.07) is 3.81. The van der Waals surface area contributed by atoms with Crippen molar-refractivity contribution in [2.24, 2.45) is 5.92 Å². The second-order valence-electron chi connectivity index (χ2n) is 5.95. The van der Waals surface area contributed by atoms with Crippen LogP contribution in [0.25, 0.3) is 0 Å². The molecule has 1 N–H and O–H groups in total. The second-order valence-corrected chi connectivity index (χ2v) is 6.93. The molecule has 2 heterocycles. The van der Waals surface area contributed by atoms with Gasteiger partial charge in [-0.15, -0.1) is 11.3 Å². The molecule has 0 spiro atoms. The topological polar surface area (TPSA) is 77.9 Å². The number of rotatable bonds is 5. The number of nitrogens with zero attached hydrogens (tertiary/aromatic N) is 2. The van der Waals surface area contributed by atoms with E-state index in [-0.39, 0.29) is 30.8 Å². The number of carboxylic acid groups (broad SMARTS) is 1. The highest BCUT2D eigenvalue weighted by Crippen LogP contribution is 2.22. The molecule has 2 rings (SSSR count). The van der Waals surface area contributed by atoms with Gasteiger partial charge < -0.3 is 14.9 Å². The van der Waals surface area contributed by atoms with Crippen LogP contribution in [0.4, 0.5) is 0 Å². The number of carboxylic acids is 1. The number of likely N-dealkylation sites (tertiary alicyclic amines) is 1. The minimum absolute atomic E-state index is 0.0130. The van der Waals surface area contributed by atoms with Crippen LogP contribution in [0.2, 0.25) is 0 Å². The number of piperidine rings is 1. The van der Waals surface area contributed by atoms with Crippen LogP contribution in [-0.2, 0) is 14.4 Å². The van der Waals surface area contributed by atoms with Crippen molar-refractivity contribution < 1.29 is 19.5 Å². The maximum atomic E-state index is 12.4. The summed E-state index contributed by atoms with van der Waals surface area (Å²) in [6.45, 7) is 2.61. The number of carbonyl (C=O) groups is 3. The summed E-state index contributed by atoms with van der Waals surface area (Å²) in [4.78, 5) is 39.8. The van der Waals surface area contributed by atoms with E-state index in [1.165, 1.54) is 16.2 Å². The van der Waals surface area contributed by atoms with Crippen molar-refractivity contribution in [2.45, 2.75) is 25.7 Å². The lowest BCUT2D eigenvalue weighted by Gasteiger charge is -2.32. The van der Waals surface area contributed by atoms with Gasteiger partial charge in [-0.05, 0) is 31.2 Å². The highest BCUT2D eigenvalue weighted by Gasteiger charge is 2.29. The van der Waals surface area contributed by atoms with E-state index in [1.54, 1.807) is 11.9 Å². The van der Waals surface area contributed by atoms with Crippen molar-refractivity contribution in [3.8, 4) is 0 Å². The van der Waals surface area contributed by atoms with Crippen LogP contribution >= 0.6 is 11.3 Å². The third-order valence-electron chi connectivity index (χ3n) is 4.21. The Balaban J connectivity index is 1.91. The maximum Gasteiger partial charge on any atom is 0.308 e. The summed E-state index contributed by atoms with van der Waals surface area (Å²) in [7, 11) is 1.61. The lowest BCUT2D eigenvalue weighted by Crippen LogP contribution is -2.47. The average Bonchev–Trinajstić information content (AvgIpc) is 3.07. The molecule has 126 valence electrons. The molecule has 2 atom stereocenters. The molecule has 1 saturated heterocycles. The molecular formula is C16H22N2O4S. The van der Waals surface area contributed by atoms with Gasteiger partial charge in [0.2, 0.25) is 11.8 Å². The Hall–Kier alpha value is -1.89. The molecule has 0 aromatic carbocycles. The fraction of sp³-hybridized carbons (Fsp3) is 0.562. The van der Waals surface area contributed by atoms with Gasteiger partial charge in [-0.3, -0.25) is 14.4 Å². The molecule has 0 radical (unpaired) electrons. The van der Waals surface area contributed by atoms with Crippen LogP contribution in [-0.4, -0.2) is 59.4 Å². The van der Waals surface area contributed by atoms with E-state index >= 15 is 0 Å². The Bertz CT molecular complexity index is 573. The third kappa shape index (κ3) is 4.31. The van der Waals surface area contributed by atoms with Crippen molar-refractivity contribution in [2.75, 3.05) is 26.7 Å². The molecule has 1 aliphatic heterocycles. The number of likely N-dealkylation sites (N-methyl/N-ethyl adjacent to an activating group) is 1. The van der Waals surface area contributed by atoms with E-state index < -0.39 is 11.9 Å². The average molecular weight is 338 g/mol. The lowest BCUT2D eigenvalue weighted by molar-refractivity contribution is -0.147. The van der Waals surface area contributed by atoms with Crippen LogP contribution in [0.5, 0.6) is 0 Å². The number of thiophene rings is 1. The maximum absolute atomic E-state index is 12.4. The SMILES string of the molecule is CC(C(=O)N(C)CC(=O)N1CCCC(C(=O)O)C1)c1cccs1. The van der Waals surface area contributed by atoms with Gasteiger partial charge in [0, 0.05) is 25.0 Å². The smallest absolute Gasteiger partial charge is 0.308 e. The summed E-state index contributed by atoms with van der Waals surface area (Å²) in [5.74, 6) is -1.93. The molecule has 23 heavy (non-hydrogen) atoms. The molecule has 1 fully saturated rings. The number of hydrogen-bond acceptors (Lipinski definition) is 4. The summed E-state index contributed by atoms with van der Waals surface area (Å²) >= 11 is 1.52. The van der Waals surface area contributed by atoms with Crippen LogP contribution in [0, 0.1) is 5.92 Å². The number of amides is 2. The first-order chi connectivity index (χ1) is 10.9. The predicted molar refractivity (Wildman–Crippen MR) is 87.3 cm³/mol.